The van der Waals surface area contributed by atoms with Gasteiger partial charge in [-0.2, -0.15) is 0 Å². The van der Waals surface area contributed by atoms with Crippen LogP contribution in [-0.2, 0) is 9.53 Å². The number of esters is 1. The zero-order valence-electron chi connectivity index (χ0n) is 16.1. The molecule has 0 saturated carbocycles. The van der Waals surface area contributed by atoms with E-state index in [0.29, 0.717) is 17.0 Å². The van der Waals surface area contributed by atoms with Gasteiger partial charge in [0.2, 0.25) is 0 Å². The molecule has 0 bridgehead atoms. The largest absolute Gasteiger partial charge is 0.481 e. The van der Waals surface area contributed by atoms with Gasteiger partial charge in [0.1, 0.15) is 5.75 Å². The highest BCUT2D eigenvalue weighted by atomic mass is 16.5. The molecule has 2 aromatic rings. The Labute approximate surface area is 154 Å². The van der Waals surface area contributed by atoms with E-state index in [1.165, 1.54) is 7.11 Å². The molecule has 0 aliphatic heterocycles. The molecule has 0 aliphatic rings. The molecule has 0 radical (unpaired) electrons. The van der Waals surface area contributed by atoms with Crippen molar-refractivity contribution in [3.05, 3.63) is 58.1 Å². The van der Waals surface area contributed by atoms with Gasteiger partial charge in [-0.1, -0.05) is 12.1 Å². The number of anilines is 1. The molecule has 0 unspecified atom stereocenters. The second kappa shape index (κ2) is 8.04. The Balaban J connectivity index is 2.16. The molecule has 26 heavy (non-hydrogen) atoms. The summed E-state index contributed by atoms with van der Waals surface area (Å²) in [7, 11) is 1.32. The molecule has 0 heterocycles. The summed E-state index contributed by atoms with van der Waals surface area (Å²) < 4.78 is 10.6. The zero-order valence-corrected chi connectivity index (χ0v) is 16.1. The summed E-state index contributed by atoms with van der Waals surface area (Å²) in [4.78, 5) is 24.2. The lowest BCUT2D eigenvalue weighted by Gasteiger charge is -2.18. The van der Waals surface area contributed by atoms with Crippen LogP contribution in [-0.4, -0.2) is 25.1 Å². The minimum Gasteiger partial charge on any atom is -0.481 e. The van der Waals surface area contributed by atoms with Gasteiger partial charge in [-0.25, -0.2) is 4.79 Å². The van der Waals surface area contributed by atoms with Crippen LogP contribution in [0.15, 0.2) is 30.3 Å². The Hall–Kier alpha value is -2.82. The lowest BCUT2D eigenvalue weighted by Crippen LogP contribution is -2.30. The Kier molecular flexibility index (Phi) is 6.03. The first-order chi connectivity index (χ1) is 12.2. The van der Waals surface area contributed by atoms with Crippen LogP contribution >= 0.6 is 0 Å². The Morgan fingerprint density at radius 2 is 1.69 bits per heavy atom. The van der Waals surface area contributed by atoms with Crippen LogP contribution in [0.3, 0.4) is 0 Å². The number of hydrogen-bond donors (Lipinski definition) is 1. The number of ether oxygens (including phenoxy) is 2. The summed E-state index contributed by atoms with van der Waals surface area (Å²) in [6, 6.07) is 9.04. The molecule has 0 aromatic heterocycles. The first kappa shape index (κ1) is 19.5. The first-order valence-electron chi connectivity index (χ1n) is 8.47. The van der Waals surface area contributed by atoms with E-state index in [1.807, 2.05) is 33.8 Å². The molecule has 5 heteroatoms. The predicted octanol–water partition coefficient (Wildman–Crippen LogP) is 4.11. The fourth-order valence-corrected chi connectivity index (χ4v) is 2.60. The summed E-state index contributed by atoms with van der Waals surface area (Å²) in [6.07, 6.45) is -0.684. The number of amides is 1. The van der Waals surface area contributed by atoms with Gasteiger partial charge in [0.05, 0.1) is 12.7 Å². The number of aryl methyl sites for hydroxylation is 3. The van der Waals surface area contributed by atoms with Gasteiger partial charge < -0.3 is 14.8 Å². The molecule has 2 rings (SSSR count). The van der Waals surface area contributed by atoms with E-state index in [1.54, 1.807) is 25.1 Å². The summed E-state index contributed by atoms with van der Waals surface area (Å²) in [6.45, 7) is 9.54. The topological polar surface area (TPSA) is 64.6 Å². The van der Waals surface area contributed by atoms with Crippen molar-refractivity contribution in [3.63, 3.8) is 0 Å². The number of hydrogen-bond acceptors (Lipinski definition) is 4. The maximum absolute atomic E-state index is 12.5. The third-order valence-corrected chi connectivity index (χ3v) is 4.35. The lowest BCUT2D eigenvalue weighted by atomic mass is 10.1. The minimum atomic E-state index is -0.684. The molecule has 0 spiro atoms. The molecule has 5 nitrogen and oxygen atoms in total. The molecule has 0 saturated heterocycles. The quantitative estimate of drug-likeness (QED) is 0.820. The van der Waals surface area contributed by atoms with Gasteiger partial charge in [-0.05, 0) is 75.1 Å². The van der Waals surface area contributed by atoms with Crippen LogP contribution in [0.5, 0.6) is 5.75 Å². The maximum atomic E-state index is 12.5. The molecule has 0 aliphatic carbocycles. The van der Waals surface area contributed by atoms with Crippen LogP contribution in [0.4, 0.5) is 5.69 Å². The molecular weight excluding hydrogens is 330 g/mol. The summed E-state index contributed by atoms with van der Waals surface area (Å²) in [5, 5.41) is 2.83. The van der Waals surface area contributed by atoms with Gasteiger partial charge in [-0.3, -0.25) is 4.79 Å². The van der Waals surface area contributed by atoms with Crippen molar-refractivity contribution >= 4 is 17.6 Å². The average molecular weight is 355 g/mol. The van der Waals surface area contributed by atoms with E-state index in [4.69, 9.17) is 9.47 Å². The number of carbonyl (C=O) groups is 2. The average Bonchev–Trinajstić information content (AvgIpc) is 2.60. The smallest absolute Gasteiger partial charge is 0.337 e. The van der Waals surface area contributed by atoms with E-state index >= 15 is 0 Å². The van der Waals surface area contributed by atoms with Crippen LogP contribution in [0, 0.1) is 27.7 Å². The highest BCUT2D eigenvalue weighted by Crippen LogP contribution is 2.25. The van der Waals surface area contributed by atoms with E-state index < -0.39 is 12.1 Å². The monoisotopic (exact) mass is 355 g/mol. The summed E-state index contributed by atoms with van der Waals surface area (Å²) >= 11 is 0. The second-order valence-corrected chi connectivity index (χ2v) is 6.48. The van der Waals surface area contributed by atoms with Crippen molar-refractivity contribution in [3.8, 4) is 5.75 Å². The van der Waals surface area contributed by atoms with Crippen molar-refractivity contribution in [2.75, 3.05) is 12.4 Å². The minimum absolute atomic E-state index is 0.284. The highest BCUT2D eigenvalue weighted by molar-refractivity contribution is 5.97. The van der Waals surface area contributed by atoms with E-state index in [0.717, 1.165) is 22.3 Å². The Morgan fingerprint density at radius 3 is 2.35 bits per heavy atom. The maximum Gasteiger partial charge on any atom is 0.337 e. The number of methoxy groups -OCH3 is 1. The molecule has 2 aromatic carbocycles. The predicted molar refractivity (Wildman–Crippen MR) is 102 cm³/mol. The first-order valence-corrected chi connectivity index (χ1v) is 8.47. The summed E-state index contributed by atoms with van der Waals surface area (Å²) in [5.74, 6) is -0.0329. The molecule has 138 valence electrons. The third-order valence-electron chi connectivity index (χ3n) is 4.35. The Morgan fingerprint density at radius 1 is 1.00 bits per heavy atom. The SMILES string of the molecule is COC(=O)c1ccc(C)c(NC(=O)[C@@H](C)Oc2cc(C)cc(C)c2C)c1. The second-order valence-electron chi connectivity index (χ2n) is 6.48. The van der Waals surface area contributed by atoms with Crippen molar-refractivity contribution in [1.82, 2.24) is 0 Å². The van der Waals surface area contributed by atoms with Gasteiger partial charge >= 0.3 is 5.97 Å². The fourth-order valence-electron chi connectivity index (χ4n) is 2.60. The number of carbonyl (C=O) groups excluding carboxylic acids is 2. The van der Waals surface area contributed by atoms with Crippen molar-refractivity contribution in [2.24, 2.45) is 0 Å². The zero-order chi connectivity index (χ0) is 19.4. The molecule has 1 N–H and O–H groups in total. The van der Waals surface area contributed by atoms with Crippen LogP contribution in [0.25, 0.3) is 0 Å². The van der Waals surface area contributed by atoms with Gasteiger partial charge in [0.25, 0.3) is 5.91 Å². The molecular formula is C21H25NO4. The number of rotatable bonds is 5. The number of benzene rings is 2. The van der Waals surface area contributed by atoms with Crippen molar-refractivity contribution in [1.29, 1.82) is 0 Å². The fraction of sp³-hybridized carbons (Fsp3) is 0.333. The number of nitrogens with one attached hydrogen (secondary N) is 1. The van der Waals surface area contributed by atoms with E-state index in [-0.39, 0.29) is 5.91 Å². The molecule has 0 fully saturated rings. The van der Waals surface area contributed by atoms with Crippen molar-refractivity contribution in [2.45, 2.75) is 40.7 Å². The summed E-state index contributed by atoms with van der Waals surface area (Å²) in [5.41, 5.74) is 5.00. The van der Waals surface area contributed by atoms with Gasteiger partial charge in [0, 0.05) is 5.69 Å². The van der Waals surface area contributed by atoms with Gasteiger partial charge in [0.15, 0.2) is 6.10 Å². The standard InChI is InChI=1S/C21H25NO4/c1-12-9-14(3)15(4)19(10-12)26-16(5)20(23)22-18-11-17(21(24)25-6)8-7-13(18)2/h7-11,16H,1-6H3,(H,22,23)/t16-/m1/s1. The van der Waals surface area contributed by atoms with Crippen LogP contribution in [0.2, 0.25) is 0 Å². The third kappa shape index (κ3) is 4.42. The molecule has 1 amide bonds. The highest BCUT2D eigenvalue weighted by Gasteiger charge is 2.18. The van der Waals surface area contributed by atoms with Crippen molar-refractivity contribution < 1.29 is 19.1 Å². The molecule has 1 atom stereocenters. The van der Waals surface area contributed by atoms with E-state index in [2.05, 4.69) is 11.4 Å². The van der Waals surface area contributed by atoms with Gasteiger partial charge in [-0.15, -0.1) is 0 Å². The van der Waals surface area contributed by atoms with Crippen LogP contribution < -0.4 is 10.1 Å². The lowest BCUT2D eigenvalue weighted by molar-refractivity contribution is -0.122. The van der Waals surface area contributed by atoms with Crippen LogP contribution in [0.1, 0.15) is 39.5 Å². The van der Waals surface area contributed by atoms with E-state index in [9.17, 15) is 9.59 Å². The Bertz CT molecular complexity index is 842. The normalized spacial score (nSPS) is 11.6.